The second-order valence-corrected chi connectivity index (χ2v) is 8.79. The van der Waals surface area contributed by atoms with Crippen LogP contribution in [-0.4, -0.2) is 54.1 Å². The second kappa shape index (κ2) is 11.4. The lowest BCUT2D eigenvalue weighted by Gasteiger charge is -2.36. The molecule has 0 aromatic rings. The predicted molar refractivity (Wildman–Crippen MR) is 107 cm³/mol. The highest BCUT2D eigenvalue weighted by Gasteiger charge is 2.34. The summed E-state index contributed by atoms with van der Waals surface area (Å²) in [4.78, 5) is 14.8. The van der Waals surface area contributed by atoms with Crippen LogP contribution in [0.5, 0.6) is 0 Å². The average Bonchev–Trinajstić information content (AvgIpc) is 3.15. The zero-order valence-electron chi connectivity index (χ0n) is 17.9. The van der Waals surface area contributed by atoms with Gasteiger partial charge >= 0.3 is 0 Å². The number of aliphatic hydroxyl groups is 1. The highest BCUT2D eigenvalue weighted by atomic mass is 16.7. The third-order valence-electron chi connectivity index (χ3n) is 6.33. The molecular formula is C22H41NO4. The molecule has 0 aliphatic carbocycles. The van der Waals surface area contributed by atoms with Crippen molar-refractivity contribution in [3.63, 3.8) is 0 Å². The fourth-order valence-electron chi connectivity index (χ4n) is 4.83. The van der Waals surface area contributed by atoms with Gasteiger partial charge in [-0.05, 0) is 56.8 Å². The van der Waals surface area contributed by atoms with Crippen LogP contribution in [-0.2, 0) is 14.3 Å². The minimum Gasteiger partial charge on any atom is -0.394 e. The van der Waals surface area contributed by atoms with Gasteiger partial charge in [-0.25, -0.2) is 0 Å². The Labute approximate surface area is 165 Å². The maximum Gasteiger partial charge on any atom is 0.225 e. The largest absolute Gasteiger partial charge is 0.394 e. The van der Waals surface area contributed by atoms with Crippen molar-refractivity contribution in [2.75, 3.05) is 19.8 Å². The molecule has 6 atom stereocenters. The van der Waals surface area contributed by atoms with Gasteiger partial charge in [-0.15, -0.1) is 0 Å². The van der Waals surface area contributed by atoms with Gasteiger partial charge in [0.05, 0.1) is 18.8 Å². The summed E-state index contributed by atoms with van der Waals surface area (Å²) in [6.07, 6.45) is 8.30. The Kier molecular flexibility index (Phi) is 9.54. The number of aliphatic hydroxyl groups excluding tert-OH is 1. The van der Waals surface area contributed by atoms with Crippen molar-refractivity contribution in [2.45, 2.75) is 97.5 Å². The summed E-state index contributed by atoms with van der Waals surface area (Å²) >= 11 is 0. The Balaban J connectivity index is 1.96. The minimum atomic E-state index is -0.0890. The quantitative estimate of drug-likeness (QED) is 0.620. The molecule has 2 aliphatic rings. The lowest BCUT2D eigenvalue weighted by molar-refractivity contribution is -0.209. The number of nitrogens with zero attached hydrogens (tertiary/aromatic N) is 1. The molecule has 1 N–H and O–H groups in total. The molecular weight excluding hydrogens is 342 g/mol. The third-order valence-corrected chi connectivity index (χ3v) is 6.33. The van der Waals surface area contributed by atoms with Gasteiger partial charge in [0, 0.05) is 19.1 Å². The molecule has 6 unspecified atom stereocenters. The number of carbonyl (C=O) groups is 1. The smallest absolute Gasteiger partial charge is 0.225 e. The molecule has 158 valence electrons. The molecule has 1 amide bonds. The van der Waals surface area contributed by atoms with Crippen molar-refractivity contribution in [1.82, 2.24) is 4.90 Å². The Morgan fingerprint density at radius 2 is 1.96 bits per heavy atom. The SMILES string of the molecule is CCCC(C)C(OC1CCCCO1)C(C)CC(C)C(=O)N1CCCC1CO. The molecule has 2 aliphatic heterocycles. The monoisotopic (exact) mass is 383 g/mol. The van der Waals surface area contributed by atoms with Crippen molar-refractivity contribution < 1.29 is 19.4 Å². The first-order chi connectivity index (χ1) is 13.0. The van der Waals surface area contributed by atoms with Gasteiger partial charge < -0.3 is 19.5 Å². The van der Waals surface area contributed by atoms with E-state index in [2.05, 4.69) is 20.8 Å². The minimum absolute atomic E-state index is 0.0111. The van der Waals surface area contributed by atoms with Crippen LogP contribution in [0.3, 0.4) is 0 Å². The maximum absolute atomic E-state index is 12.9. The molecule has 2 heterocycles. The first-order valence-corrected chi connectivity index (χ1v) is 11.2. The van der Waals surface area contributed by atoms with Crippen LogP contribution in [0.15, 0.2) is 0 Å². The molecule has 0 spiro atoms. The van der Waals surface area contributed by atoms with Crippen molar-refractivity contribution in [3.8, 4) is 0 Å². The van der Waals surface area contributed by atoms with Crippen molar-refractivity contribution in [3.05, 3.63) is 0 Å². The number of rotatable bonds is 10. The Hall–Kier alpha value is -0.650. The molecule has 2 fully saturated rings. The van der Waals surface area contributed by atoms with E-state index in [4.69, 9.17) is 9.47 Å². The van der Waals surface area contributed by atoms with Crippen LogP contribution >= 0.6 is 0 Å². The summed E-state index contributed by atoms with van der Waals surface area (Å²) in [5.74, 6) is 0.898. The second-order valence-electron chi connectivity index (χ2n) is 8.79. The average molecular weight is 384 g/mol. The van der Waals surface area contributed by atoms with Crippen molar-refractivity contribution in [2.24, 2.45) is 17.8 Å². The van der Waals surface area contributed by atoms with Gasteiger partial charge in [0.2, 0.25) is 5.91 Å². The van der Waals surface area contributed by atoms with Gasteiger partial charge in [0.25, 0.3) is 0 Å². The maximum atomic E-state index is 12.9. The molecule has 5 nitrogen and oxygen atoms in total. The van der Waals surface area contributed by atoms with Crippen LogP contribution < -0.4 is 0 Å². The highest BCUT2D eigenvalue weighted by molar-refractivity contribution is 5.79. The van der Waals surface area contributed by atoms with E-state index in [9.17, 15) is 9.90 Å². The fourth-order valence-corrected chi connectivity index (χ4v) is 4.83. The molecule has 0 aromatic carbocycles. The molecule has 0 bridgehead atoms. The van der Waals surface area contributed by atoms with E-state index < -0.39 is 0 Å². The number of amides is 1. The number of carbonyl (C=O) groups excluding carboxylic acids is 1. The van der Waals surface area contributed by atoms with Gasteiger partial charge in [0.1, 0.15) is 0 Å². The Bertz CT molecular complexity index is 438. The van der Waals surface area contributed by atoms with Crippen LogP contribution in [0.4, 0.5) is 0 Å². The van der Waals surface area contributed by atoms with Crippen LogP contribution in [0, 0.1) is 17.8 Å². The summed E-state index contributed by atoms with van der Waals surface area (Å²) < 4.78 is 12.3. The summed E-state index contributed by atoms with van der Waals surface area (Å²) in [6, 6.07) is 0.0111. The Morgan fingerprint density at radius 1 is 1.19 bits per heavy atom. The van der Waals surface area contributed by atoms with Crippen LogP contribution in [0.1, 0.15) is 79.1 Å². The predicted octanol–water partition coefficient (Wildman–Crippen LogP) is 3.98. The molecule has 27 heavy (non-hydrogen) atoms. The lowest BCUT2D eigenvalue weighted by atomic mass is 9.84. The topological polar surface area (TPSA) is 59.0 Å². The van der Waals surface area contributed by atoms with Crippen molar-refractivity contribution in [1.29, 1.82) is 0 Å². The van der Waals surface area contributed by atoms with Crippen LogP contribution in [0.25, 0.3) is 0 Å². The zero-order chi connectivity index (χ0) is 19.8. The molecule has 2 saturated heterocycles. The molecule has 2 rings (SSSR count). The Morgan fingerprint density at radius 3 is 2.59 bits per heavy atom. The molecule has 0 saturated carbocycles. The van der Waals surface area contributed by atoms with E-state index in [0.717, 1.165) is 58.1 Å². The van der Waals surface area contributed by atoms with E-state index in [1.165, 1.54) is 6.42 Å². The summed E-state index contributed by atoms with van der Waals surface area (Å²) in [6.45, 7) is 10.4. The summed E-state index contributed by atoms with van der Waals surface area (Å²) in [5, 5.41) is 9.52. The first-order valence-electron chi connectivity index (χ1n) is 11.2. The first kappa shape index (κ1) is 22.6. The number of hydrogen-bond donors (Lipinski definition) is 1. The van der Waals surface area contributed by atoms with Gasteiger partial charge in [-0.3, -0.25) is 4.79 Å². The van der Waals surface area contributed by atoms with Crippen molar-refractivity contribution >= 4 is 5.91 Å². The summed E-state index contributed by atoms with van der Waals surface area (Å²) in [5.41, 5.74) is 0. The van der Waals surface area contributed by atoms with Gasteiger partial charge in [-0.2, -0.15) is 0 Å². The normalized spacial score (nSPS) is 28.0. The van der Waals surface area contributed by atoms with E-state index >= 15 is 0 Å². The third kappa shape index (κ3) is 6.43. The standard InChI is InChI=1S/C22H41NO4/c1-5-9-16(2)21(27-20-11-6-7-13-26-20)17(3)14-18(4)22(25)23-12-8-10-19(23)15-24/h16-21,24H,5-15H2,1-4H3. The molecule has 0 aromatic heterocycles. The van der Waals surface area contributed by atoms with E-state index in [1.54, 1.807) is 0 Å². The highest BCUT2D eigenvalue weighted by Crippen LogP contribution is 2.30. The lowest BCUT2D eigenvalue weighted by Crippen LogP contribution is -2.42. The molecule has 5 heteroatoms. The number of ether oxygens (including phenoxy) is 2. The van der Waals surface area contributed by atoms with Gasteiger partial charge in [-0.1, -0.05) is 34.1 Å². The summed E-state index contributed by atoms with van der Waals surface area (Å²) in [7, 11) is 0. The van der Waals surface area contributed by atoms with E-state index in [-0.39, 0.29) is 36.9 Å². The van der Waals surface area contributed by atoms with E-state index in [1.807, 2.05) is 11.8 Å². The zero-order valence-corrected chi connectivity index (χ0v) is 17.9. The van der Waals surface area contributed by atoms with E-state index in [0.29, 0.717) is 11.8 Å². The number of hydrogen-bond acceptors (Lipinski definition) is 4. The van der Waals surface area contributed by atoms with Crippen LogP contribution in [0.2, 0.25) is 0 Å². The number of likely N-dealkylation sites (tertiary alicyclic amines) is 1. The fraction of sp³-hybridized carbons (Fsp3) is 0.955. The van der Waals surface area contributed by atoms with Gasteiger partial charge in [0.15, 0.2) is 6.29 Å². The molecule has 0 radical (unpaired) electrons.